The molecule has 2 aromatic heterocycles. The first-order valence-electron chi connectivity index (χ1n) is 11.5. The van der Waals surface area contributed by atoms with Gasteiger partial charge in [0.05, 0.1) is 28.4 Å². The highest BCUT2D eigenvalue weighted by Gasteiger charge is 2.32. The number of para-hydroxylation sites is 1. The zero-order valence-corrected chi connectivity index (χ0v) is 19.2. The topological polar surface area (TPSA) is 70.4 Å². The summed E-state index contributed by atoms with van der Waals surface area (Å²) in [5.41, 5.74) is 3.83. The van der Waals surface area contributed by atoms with Gasteiger partial charge in [0.2, 0.25) is 5.91 Å². The molecule has 2 fully saturated rings. The fourth-order valence-electron chi connectivity index (χ4n) is 5.00. The maximum Gasteiger partial charge on any atom is 0.227 e. The molecular formula is C24H31N7O. The number of carbonyl (C=O) groups is 1. The predicted octanol–water partition coefficient (Wildman–Crippen LogP) is 2.42. The van der Waals surface area contributed by atoms with E-state index >= 15 is 0 Å². The molecule has 0 saturated carbocycles. The molecule has 5 rings (SSSR count). The van der Waals surface area contributed by atoms with Gasteiger partial charge in [-0.15, -0.1) is 5.10 Å². The van der Waals surface area contributed by atoms with Gasteiger partial charge >= 0.3 is 0 Å². The molecule has 2 saturated heterocycles. The van der Waals surface area contributed by atoms with E-state index in [0.29, 0.717) is 6.54 Å². The third kappa shape index (κ3) is 3.72. The van der Waals surface area contributed by atoms with Gasteiger partial charge in [-0.25, -0.2) is 4.68 Å². The number of fused-ring (bicyclic) bond motifs is 1. The van der Waals surface area contributed by atoms with Crippen LogP contribution in [0.15, 0.2) is 30.3 Å². The third-order valence-electron chi connectivity index (χ3n) is 6.87. The van der Waals surface area contributed by atoms with Crippen molar-refractivity contribution in [2.45, 2.75) is 26.7 Å². The molecule has 32 heavy (non-hydrogen) atoms. The number of nitrogens with zero attached hydrogens (tertiary/aromatic N) is 7. The molecule has 8 heteroatoms. The van der Waals surface area contributed by atoms with Gasteiger partial charge in [-0.05, 0) is 45.9 Å². The Hall–Kier alpha value is -3.00. The second-order valence-electron chi connectivity index (χ2n) is 9.08. The Morgan fingerprint density at radius 1 is 1.00 bits per heavy atom. The maximum atomic E-state index is 13.2. The Morgan fingerprint density at radius 3 is 2.50 bits per heavy atom. The molecule has 4 heterocycles. The first-order valence-corrected chi connectivity index (χ1v) is 11.5. The number of aryl methyl sites for hydroxylation is 2. The zero-order chi connectivity index (χ0) is 22.2. The quantitative estimate of drug-likeness (QED) is 0.632. The van der Waals surface area contributed by atoms with Crippen LogP contribution < -0.4 is 4.90 Å². The predicted molar refractivity (Wildman–Crippen MR) is 125 cm³/mol. The zero-order valence-electron chi connectivity index (χ0n) is 19.2. The second-order valence-corrected chi connectivity index (χ2v) is 9.08. The Kier molecular flexibility index (Phi) is 5.55. The molecule has 0 N–H and O–H groups in total. The van der Waals surface area contributed by atoms with Crippen molar-refractivity contribution >= 4 is 22.6 Å². The van der Waals surface area contributed by atoms with Crippen molar-refractivity contribution in [3.05, 3.63) is 41.7 Å². The molecule has 0 spiro atoms. The van der Waals surface area contributed by atoms with Crippen LogP contribution in [0.25, 0.3) is 16.6 Å². The molecule has 1 amide bonds. The number of amides is 1. The molecule has 168 valence electrons. The van der Waals surface area contributed by atoms with E-state index in [1.165, 1.54) is 0 Å². The number of benzene rings is 1. The summed E-state index contributed by atoms with van der Waals surface area (Å²) in [4.78, 5) is 19.8. The lowest BCUT2D eigenvalue weighted by Crippen LogP contribution is -2.51. The van der Waals surface area contributed by atoms with Crippen LogP contribution in [0.1, 0.15) is 24.2 Å². The minimum absolute atomic E-state index is 0.00242. The Bertz CT molecular complexity index is 1120. The van der Waals surface area contributed by atoms with Gasteiger partial charge in [0.15, 0.2) is 5.82 Å². The van der Waals surface area contributed by atoms with Gasteiger partial charge in [-0.2, -0.15) is 10.2 Å². The standard InChI is InChI=1S/C24H31N7O/c1-17-21-18(2)31(20-9-5-4-6-10-20)27-22(21)23(26-25-17)30-11-7-8-19(16-30)24(32)29-14-12-28(3)13-15-29/h4-6,9-10,19H,7-8,11-16H2,1-3H3. The summed E-state index contributed by atoms with van der Waals surface area (Å²) in [6.07, 6.45) is 1.90. The van der Waals surface area contributed by atoms with E-state index in [1.807, 2.05) is 34.7 Å². The van der Waals surface area contributed by atoms with Crippen molar-refractivity contribution in [1.82, 2.24) is 29.8 Å². The fourth-order valence-corrected chi connectivity index (χ4v) is 5.00. The highest BCUT2D eigenvalue weighted by molar-refractivity contribution is 5.92. The molecule has 8 nitrogen and oxygen atoms in total. The van der Waals surface area contributed by atoms with E-state index in [1.54, 1.807) is 0 Å². The van der Waals surface area contributed by atoms with Crippen molar-refractivity contribution in [3.63, 3.8) is 0 Å². The van der Waals surface area contributed by atoms with Gasteiger partial charge in [0.1, 0.15) is 5.52 Å². The fraction of sp³-hybridized carbons (Fsp3) is 0.500. The summed E-state index contributed by atoms with van der Waals surface area (Å²) in [5, 5.41) is 15.0. The van der Waals surface area contributed by atoms with E-state index in [4.69, 9.17) is 5.10 Å². The number of likely N-dealkylation sites (N-methyl/N-ethyl adjacent to an activating group) is 1. The van der Waals surface area contributed by atoms with Crippen molar-refractivity contribution in [2.75, 3.05) is 51.2 Å². The lowest BCUT2D eigenvalue weighted by atomic mass is 9.96. The first kappa shape index (κ1) is 20.9. The van der Waals surface area contributed by atoms with Crippen LogP contribution in [-0.4, -0.2) is 82.0 Å². The molecule has 1 unspecified atom stereocenters. The molecule has 2 aliphatic heterocycles. The summed E-state index contributed by atoms with van der Waals surface area (Å²) in [5.74, 6) is 1.08. The lowest BCUT2D eigenvalue weighted by Gasteiger charge is -2.38. The number of piperazine rings is 1. The van der Waals surface area contributed by atoms with Gasteiger partial charge < -0.3 is 14.7 Å². The molecule has 2 aliphatic rings. The monoisotopic (exact) mass is 433 g/mol. The number of hydrogen-bond acceptors (Lipinski definition) is 6. The Labute approximate surface area is 188 Å². The van der Waals surface area contributed by atoms with Crippen molar-refractivity contribution in [3.8, 4) is 5.69 Å². The number of aromatic nitrogens is 4. The smallest absolute Gasteiger partial charge is 0.227 e. The highest BCUT2D eigenvalue weighted by atomic mass is 16.2. The molecule has 3 aromatic rings. The maximum absolute atomic E-state index is 13.2. The van der Waals surface area contributed by atoms with E-state index in [0.717, 1.165) is 79.4 Å². The average Bonchev–Trinajstić information content (AvgIpc) is 3.18. The molecule has 1 atom stereocenters. The van der Waals surface area contributed by atoms with E-state index in [2.05, 4.69) is 46.1 Å². The summed E-state index contributed by atoms with van der Waals surface area (Å²) in [6.45, 7) is 9.15. The first-order chi connectivity index (χ1) is 15.5. The van der Waals surface area contributed by atoms with Gasteiger partial charge in [0.25, 0.3) is 0 Å². The van der Waals surface area contributed by atoms with Gasteiger partial charge in [-0.1, -0.05) is 18.2 Å². The highest BCUT2D eigenvalue weighted by Crippen LogP contribution is 2.32. The van der Waals surface area contributed by atoms with Crippen LogP contribution in [0.3, 0.4) is 0 Å². The minimum Gasteiger partial charge on any atom is -0.352 e. The normalized spacial score (nSPS) is 20.2. The number of anilines is 1. The minimum atomic E-state index is 0.00242. The molecule has 1 aromatic carbocycles. The number of piperidine rings is 1. The summed E-state index contributed by atoms with van der Waals surface area (Å²) in [7, 11) is 2.11. The Balaban J connectivity index is 1.45. The van der Waals surface area contributed by atoms with Crippen LogP contribution in [0.2, 0.25) is 0 Å². The number of carbonyl (C=O) groups excluding carboxylic acids is 1. The number of hydrogen-bond donors (Lipinski definition) is 0. The lowest BCUT2D eigenvalue weighted by molar-refractivity contribution is -0.137. The summed E-state index contributed by atoms with van der Waals surface area (Å²) in [6, 6.07) is 10.2. The van der Waals surface area contributed by atoms with Crippen molar-refractivity contribution in [2.24, 2.45) is 5.92 Å². The van der Waals surface area contributed by atoms with E-state index in [-0.39, 0.29) is 11.8 Å². The van der Waals surface area contributed by atoms with Gasteiger partial charge in [-0.3, -0.25) is 4.79 Å². The Morgan fingerprint density at radius 2 is 1.75 bits per heavy atom. The number of rotatable bonds is 3. The van der Waals surface area contributed by atoms with Crippen LogP contribution in [0, 0.1) is 19.8 Å². The summed E-state index contributed by atoms with van der Waals surface area (Å²) >= 11 is 0. The van der Waals surface area contributed by atoms with E-state index in [9.17, 15) is 4.79 Å². The largest absolute Gasteiger partial charge is 0.352 e. The second kappa shape index (κ2) is 8.50. The summed E-state index contributed by atoms with van der Waals surface area (Å²) < 4.78 is 1.97. The van der Waals surface area contributed by atoms with Crippen LogP contribution in [0.5, 0.6) is 0 Å². The van der Waals surface area contributed by atoms with Crippen molar-refractivity contribution in [1.29, 1.82) is 0 Å². The molecule has 0 radical (unpaired) electrons. The van der Waals surface area contributed by atoms with E-state index < -0.39 is 0 Å². The molecule has 0 aliphatic carbocycles. The van der Waals surface area contributed by atoms with Crippen LogP contribution in [0.4, 0.5) is 5.82 Å². The molecular weight excluding hydrogens is 402 g/mol. The molecule has 0 bridgehead atoms. The van der Waals surface area contributed by atoms with Crippen LogP contribution in [-0.2, 0) is 4.79 Å². The average molecular weight is 434 g/mol. The van der Waals surface area contributed by atoms with Gasteiger partial charge in [0, 0.05) is 39.3 Å². The van der Waals surface area contributed by atoms with Crippen molar-refractivity contribution < 1.29 is 4.79 Å². The van der Waals surface area contributed by atoms with Crippen LogP contribution >= 0.6 is 0 Å². The SMILES string of the molecule is Cc1nnc(N2CCCC(C(=O)N3CCN(C)CC3)C2)c2nn(-c3ccccc3)c(C)c12. The third-order valence-corrected chi connectivity index (χ3v) is 6.87.